The third-order valence-corrected chi connectivity index (χ3v) is 3.58. The van der Waals surface area contributed by atoms with E-state index in [2.05, 4.69) is 11.9 Å². The Morgan fingerprint density at radius 2 is 2.05 bits per heavy atom. The van der Waals surface area contributed by atoms with Crippen molar-refractivity contribution in [2.75, 3.05) is 6.61 Å². The van der Waals surface area contributed by atoms with Gasteiger partial charge in [0.2, 0.25) is 0 Å². The molecule has 1 aromatic heterocycles. The highest BCUT2D eigenvalue weighted by Gasteiger charge is 2.16. The number of benzene rings is 1. The number of nitrogens with zero attached hydrogens (tertiary/aromatic N) is 1. The van der Waals surface area contributed by atoms with Crippen molar-refractivity contribution < 1.29 is 14.6 Å². The van der Waals surface area contributed by atoms with Gasteiger partial charge >= 0.3 is 0 Å². The maximum Gasteiger partial charge on any atom is 0.137 e. The van der Waals surface area contributed by atoms with Gasteiger partial charge in [-0.15, -0.1) is 0 Å². The number of ether oxygens (including phenoxy) is 2. The number of pyridine rings is 1. The Balaban J connectivity index is 1.82. The summed E-state index contributed by atoms with van der Waals surface area (Å²) in [5, 5.41) is 10.5. The zero-order valence-corrected chi connectivity index (χ0v) is 12.1. The molecule has 1 aromatic carbocycles. The molecule has 0 aliphatic carbocycles. The second-order valence-electron chi connectivity index (χ2n) is 5.23. The van der Waals surface area contributed by atoms with Crippen molar-refractivity contribution in [3.05, 3.63) is 58.9 Å². The summed E-state index contributed by atoms with van der Waals surface area (Å²) in [4.78, 5) is 4.15. The van der Waals surface area contributed by atoms with Gasteiger partial charge < -0.3 is 14.6 Å². The summed E-state index contributed by atoms with van der Waals surface area (Å²) >= 11 is 0. The fourth-order valence-electron chi connectivity index (χ4n) is 2.44. The lowest BCUT2D eigenvalue weighted by molar-refractivity contribution is 0.134. The van der Waals surface area contributed by atoms with Crippen molar-refractivity contribution >= 4 is 0 Å². The van der Waals surface area contributed by atoms with Gasteiger partial charge in [0.1, 0.15) is 11.9 Å². The molecule has 1 aliphatic heterocycles. The topological polar surface area (TPSA) is 51.6 Å². The van der Waals surface area contributed by atoms with Crippen molar-refractivity contribution in [2.45, 2.75) is 32.7 Å². The fourth-order valence-corrected chi connectivity index (χ4v) is 2.44. The van der Waals surface area contributed by atoms with E-state index >= 15 is 0 Å². The Hall–Kier alpha value is -1.91. The van der Waals surface area contributed by atoms with E-state index in [-0.39, 0.29) is 0 Å². The summed E-state index contributed by atoms with van der Waals surface area (Å²) in [6.07, 6.45) is 3.58. The molecule has 110 valence electrons. The normalized spacial score (nSPS) is 14.8. The van der Waals surface area contributed by atoms with Crippen molar-refractivity contribution in [3.8, 4) is 5.75 Å². The highest BCUT2D eigenvalue weighted by Crippen LogP contribution is 2.28. The predicted octanol–water partition coefficient (Wildman–Crippen LogP) is 2.98. The van der Waals surface area contributed by atoms with Crippen LogP contribution in [0.2, 0.25) is 0 Å². The lowest BCUT2D eigenvalue weighted by Crippen LogP contribution is -2.03. The molecule has 3 rings (SSSR count). The molecule has 1 N–H and O–H groups in total. The number of fused-ring (bicyclic) bond motifs is 1. The van der Waals surface area contributed by atoms with Crippen molar-refractivity contribution in [1.82, 2.24) is 4.98 Å². The molecule has 1 atom stereocenters. The van der Waals surface area contributed by atoms with Gasteiger partial charge in [0, 0.05) is 11.8 Å². The number of hydrogen-bond acceptors (Lipinski definition) is 4. The van der Waals surface area contributed by atoms with E-state index < -0.39 is 6.10 Å². The lowest BCUT2D eigenvalue weighted by atomic mass is 9.99. The van der Waals surface area contributed by atoms with Crippen molar-refractivity contribution in [3.63, 3.8) is 0 Å². The minimum absolute atomic E-state index is 0.619. The Kier molecular flexibility index (Phi) is 4.18. The van der Waals surface area contributed by atoms with Gasteiger partial charge in [-0.3, -0.25) is 4.98 Å². The van der Waals surface area contributed by atoms with Crippen LogP contribution in [0.25, 0.3) is 0 Å². The zero-order valence-electron chi connectivity index (χ0n) is 12.1. The first-order valence-electron chi connectivity index (χ1n) is 7.23. The van der Waals surface area contributed by atoms with Crippen LogP contribution >= 0.6 is 0 Å². The van der Waals surface area contributed by atoms with E-state index in [4.69, 9.17) is 9.47 Å². The van der Waals surface area contributed by atoms with Gasteiger partial charge in [0.25, 0.3) is 0 Å². The lowest BCUT2D eigenvalue weighted by Gasteiger charge is -2.13. The first-order chi connectivity index (χ1) is 10.3. The molecule has 4 nitrogen and oxygen atoms in total. The van der Waals surface area contributed by atoms with Crippen LogP contribution in [-0.4, -0.2) is 16.7 Å². The van der Waals surface area contributed by atoms with E-state index in [9.17, 15) is 5.11 Å². The van der Waals surface area contributed by atoms with Gasteiger partial charge in [0.05, 0.1) is 26.0 Å². The van der Waals surface area contributed by atoms with Gasteiger partial charge in [-0.2, -0.15) is 0 Å². The summed E-state index contributed by atoms with van der Waals surface area (Å²) in [5.74, 6) is 0.692. The van der Waals surface area contributed by atoms with Crippen LogP contribution in [0.3, 0.4) is 0 Å². The van der Waals surface area contributed by atoms with Crippen LogP contribution in [-0.2, 0) is 18.0 Å². The molecule has 0 spiro atoms. The smallest absolute Gasteiger partial charge is 0.137 e. The molecule has 0 saturated heterocycles. The third-order valence-electron chi connectivity index (χ3n) is 3.58. The van der Waals surface area contributed by atoms with Crippen LogP contribution in [0.1, 0.15) is 41.7 Å². The molecular formula is C17H19NO3. The monoisotopic (exact) mass is 285 g/mol. The van der Waals surface area contributed by atoms with Crippen molar-refractivity contribution in [2.24, 2.45) is 0 Å². The van der Waals surface area contributed by atoms with Crippen LogP contribution in [0, 0.1) is 0 Å². The zero-order chi connectivity index (χ0) is 14.7. The quantitative estimate of drug-likeness (QED) is 0.917. The molecule has 4 heteroatoms. The number of aliphatic hydroxyl groups is 1. The molecule has 0 amide bonds. The second kappa shape index (κ2) is 6.24. The minimum atomic E-state index is -0.700. The fraction of sp³-hybridized carbons (Fsp3) is 0.353. The van der Waals surface area contributed by atoms with Crippen LogP contribution in [0.4, 0.5) is 0 Å². The Bertz CT molecular complexity index is 627. The second-order valence-corrected chi connectivity index (χ2v) is 5.23. The molecule has 2 aromatic rings. The highest BCUT2D eigenvalue weighted by atomic mass is 16.5. The first-order valence-corrected chi connectivity index (χ1v) is 7.23. The summed E-state index contributed by atoms with van der Waals surface area (Å²) in [7, 11) is 0. The molecule has 2 heterocycles. The van der Waals surface area contributed by atoms with Crippen LogP contribution in [0.5, 0.6) is 5.75 Å². The van der Waals surface area contributed by atoms with Crippen molar-refractivity contribution in [1.29, 1.82) is 0 Å². The molecule has 21 heavy (non-hydrogen) atoms. The molecule has 0 saturated carbocycles. The molecule has 0 bridgehead atoms. The van der Waals surface area contributed by atoms with Crippen LogP contribution in [0.15, 0.2) is 36.7 Å². The van der Waals surface area contributed by atoms with E-state index in [0.717, 1.165) is 23.1 Å². The number of rotatable bonds is 5. The van der Waals surface area contributed by atoms with E-state index in [1.54, 1.807) is 12.4 Å². The summed E-state index contributed by atoms with van der Waals surface area (Å²) in [5.41, 5.74) is 3.94. The van der Waals surface area contributed by atoms with Gasteiger partial charge in [-0.05, 0) is 29.2 Å². The third kappa shape index (κ3) is 3.06. The van der Waals surface area contributed by atoms with E-state index in [1.165, 1.54) is 5.56 Å². The maximum absolute atomic E-state index is 10.5. The average molecular weight is 285 g/mol. The van der Waals surface area contributed by atoms with Gasteiger partial charge in [0.15, 0.2) is 0 Å². The Morgan fingerprint density at radius 1 is 1.19 bits per heavy atom. The molecular weight excluding hydrogens is 266 g/mol. The maximum atomic E-state index is 10.5. The summed E-state index contributed by atoms with van der Waals surface area (Å²) in [6.45, 7) is 3.98. The van der Waals surface area contributed by atoms with E-state index in [0.29, 0.717) is 25.6 Å². The minimum Gasteiger partial charge on any atom is -0.492 e. The highest BCUT2D eigenvalue weighted by molar-refractivity contribution is 5.38. The Morgan fingerprint density at radius 3 is 2.90 bits per heavy atom. The van der Waals surface area contributed by atoms with Gasteiger partial charge in [-0.25, -0.2) is 0 Å². The molecule has 0 radical (unpaired) electrons. The predicted molar refractivity (Wildman–Crippen MR) is 79.0 cm³/mol. The van der Waals surface area contributed by atoms with Gasteiger partial charge in [-0.1, -0.05) is 25.1 Å². The average Bonchev–Trinajstić information content (AvgIpc) is 3.00. The first kappa shape index (κ1) is 14.0. The number of hydrogen-bond donors (Lipinski definition) is 1. The standard InChI is InChI=1S/C17H19NO3/c1-2-5-21-16-7-14(8-18-9-16)17(19)12-3-4-13-10-20-11-15(13)6-12/h3-4,6-9,17,19H,2,5,10-11H2,1H3. The molecule has 1 aliphatic rings. The largest absolute Gasteiger partial charge is 0.492 e. The van der Waals surface area contributed by atoms with Crippen LogP contribution < -0.4 is 4.74 Å². The molecule has 1 unspecified atom stereocenters. The van der Waals surface area contributed by atoms with E-state index in [1.807, 2.05) is 24.3 Å². The number of aliphatic hydroxyl groups excluding tert-OH is 1. The summed E-state index contributed by atoms with van der Waals surface area (Å²) < 4.78 is 11.0. The molecule has 0 fully saturated rings. The summed E-state index contributed by atoms with van der Waals surface area (Å²) in [6, 6.07) is 7.81. The SMILES string of the molecule is CCCOc1cncc(C(O)c2ccc3c(c2)COC3)c1. The number of aromatic nitrogens is 1. The Labute approximate surface area is 124 Å².